The molecule has 1 atom stereocenters. The van der Waals surface area contributed by atoms with Gasteiger partial charge < -0.3 is 9.80 Å². The highest BCUT2D eigenvalue weighted by molar-refractivity contribution is 6.09. The van der Waals surface area contributed by atoms with Crippen LogP contribution < -0.4 is 4.90 Å². The Labute approximate surface area is 155 Å². The maximum Gasteiger partial charge on any atom is 0.227 e. The molecule has 3 heterocycles. The van der Waals surface area contributed by atoms with Crippen molar-refractivity contribution in [2.45, 2.75) is 44.6 Å². The third-order valence-corrected chi connectivity index (χ3v) is 6.14. The zero-order valence-electron chi connectivity index (χ0n) is 15.5. The maximum atomic E-state index is 12.5. The monoisotopic (exact) mass is 355 g/mol. The van der Waals surface area contributed by atoms with E-state index in [9.17, 15) is 9.59 Å². The first-order chi connectivity index (χ1) is 12.7. The van der Waals surface area contributed by atoms with E-state index in [0.29, 0.717) is 24.9 Å². The Hall–Kier alpha value is -1.72. The van der Waals surface area contributed by atoms with Gasteiger partial charge >= 0.3 is 0 Å². The topological polar surface area (TPSA) is 43.9 Å². The zero-order valence-corrected chi connectivity index (χ0v) is 15.5. The fourth-order valence-electron chi connectivity index (χ4n) is 4.68. The molecule has 0 aromatic heterocycles. The summed E-state index contributed by atoms with van der Waals surface area (Å²) in [6.45, 7) is 6.72. The largest absolute Gasteiger partial charge is 0.312 e. The maximum absolute atomic E-state index is 12.5. The molecule has 0 saturated carbocycles. The molecule has 0 bridgehead atoms. The van der Waals surface area contributed by atoms with Gasteiger partial charge in [0.05, 0.1) is 5.69 Å². The number of fused-ring (bicyclic) bond motifs is 2. The number of hydrogen-bond acceptors (Lipinski definition) is 4. The van der Waals surface area contributed by atoms with Gasteiger partial charge in [-0.3, -0.25) is 14.5 Å². The number of piperazine rings is 1. The molecule has 1 aromatic carbocycles. The number of rotatable bonds is 5. The average molecular weight is 355 g/mol. The molecule has 1 amide bonds. The van der Waals surface area contributed by atoms with Crippen molar-refractivity contribution >= 4 is 17.4 Å². The number of carbonyl (C=O) groups is 2. The summed E-state index contributed by atoms with van der Waals surface area (Å²) in [4.78, 5) is 31.8. The highest BCUT2D eigenvalue weighted by Gasteiger charge is 2.30. The molecule has 2 saturated heterocycles. The van der Waals surface area contributed by atoms with Crippen molar-refractivity contribution in [3.8, 4) is 0 Å². The van der Waals surface area contributed by atoms with Gasteiger partial charge in [-0.1, -0.05) is 12.1 Å². The standard InChI is InChI=1S/C21H29N3O2/c25-20-9-10-21(26)24(19-8-2-1-7-18(19)20)13-4-3-11-22-14-15-23-12-5-6-17(23)16-22/h1-2,7-8,17H,3-6,9-16H2. The second-order valence-corrected chi connectivity index (χ2v) is 7.83. The lowest BCUT2D eigenvalue weighted by molar-refractivity contribution is -0.118. The summed E-state index contributed by atoms with van der Waals surface area (Å²) < 4.78 is 0. The molecule has 5 heteroatoms. The van der Waals surface area contributed by atoms with Gasteiger partial charge in [-0.25, -0.2) is 0 Å². The molecule has 4 rings (SSSR count). The second-order valence-electron chi connectivity index (χ2n) is 7.83. The average Bonchev–Trinajstić information content (AvgIpc) is 3.09. The van der Waals surface area contributed by atoms with Gasteiger partial charge in [-0.2, -0.15) is 0 Å². The summed E-state index contributed by atoms with van der Waals surface area (Å²) in [6, 6.07) is 8.33. The third kappa shape index (κ3) is 3.69. The Bertz CT molecular complexity index is 675. The van der Waals surface area contributed by atoms with Gasteiger partial charge in [0.15, 0.2) is 5.78 Å². The Morgan fingerprint density at radius 2 is 1.81 bits per heavy atom. The van der Waals surface area contributed by atoms with Gasteiger partial charge in [0.25, 0.3) is 0 Å². The van der Waals surface area contributed by atoms with E-state index in [2.05, 4.69) is 9.80 Å². The predicted octanol–water partition coefficient (Wildman–Crippen LogP) is 2.56. The number of Topliss-reactive ketones (excluding diaryl/α,β-unsaturated/α-hetero) is 1. The summed E-state index contributed by atoms with van der Waals surface area (Å²) in [5, 5.41) is 0. The van der Waals surface area contributed by atoms with Crippen LogP contribution in [0.5, 0.6) is 0 Å². The van der Waals surface area contributed by atoms with E-state index in [4.69, 9.17) is 0 Å². The smallest absolute Gasteiger partial charge is 0.227 e. The van der Waals surface area contributed by atoms with Gasteiger partial charge in [0.2, 0.25) is 5.91 Å². The number of amides is 1. The van der Waals surface area contributed by atoms with E-state index in [1.807, 2.05) is 29.2 Å². The van der Waals surface area contributed by atoms with Crippen molar-refractivity contribution in [3.63, 3.8) is 0 Å². The van der Waals surface area contributed by atoms with Crippen molar-refractivity contribution in [1.82, 2.24) is 9.80 Å². The zero-order chi connectivity index (χ0) is 17.9. The fourth-order valence-corrected chi connectivity index (χ4v) is 4.68. The van der Waals surface area contributed by atoms with Crippen LogP contribution in [-0.2, 0) is 4.79 Å². The lowest BCUT2D eigenvalue weighted by Gasteiger charge is -2.37. The first kappa shape index (κ1) is 17.7. The first-order valence-corrected chi connectivity index (χ1v) is 10.1. The minimum absolute atomic E-state index is 0.0860. The molecule has 26 heavy (non-hydrogen) atoms. The summed E-state index contributed by atoms with van der Waals surface area (Å²) in [5.41, 5.74) is 1.51. The predicted molar refractivity (Wildman–Crippen MR) is 103 cm³/mol. The number of nitrogens with zero attached hydrogens (tertiary/aromatic N) is 3. The molecule has 1 unspecified atom stereocenters. The van der Waals surface area contributed by atoms with Crippen LogP contribution in [0.4, 0.5) is 5.69 Å². The van der Waals surface area contributed by atoms with Crippen molar-refractivity contribution in [2.24, 2.45) is 0 Å². The van der Waals surface area contributed by atoms with Crippen LogP contribution in [-0.4, -0.2) is 66.8 Å². The van der Waals surface area contributed by atoms with Crippen molar-refractivity contribution in [3.05, 3.63) is 29.8 Å². The van der Waals surface area contributed by atoms with Gasteiger partial charge in [0.1, 0.15) is 0 Å². The lowest BCUT2D eigenvalue weighted by Crippen LogP contribution is -2.50. The summed E-state index contributed by atoms with van der Waals surface area (Å²) in [6.07, 6.45) is 5.46. The van der Waals surface area contributed by atoms with E-state index in [-0.39, 0.29) is 11.7 Å². The quantitative estimate of drug-likeness (QED) is 0.762. The molecule has 2 fully saturated rings. The van der Waals surface area contributed by atoms with Crippen molar-refractivity contribution < 1.29 is 9.59 Å². The minimum Gasteiger partial charge on any atom is -0.312 e. The fraction of sp³-hybridized carbons (Fsp3) is 0.619. The molecule has 1 aromatic rings. The van der Waals surface area contributed by atoms with Gasteiger partial charge in [-0.05, 0) is 50.9 Å². The van der Waals surface area contributed by atoms with Crippen LogP contribution in [0.1, 0.15) is 48.9 Å². The third-order valence-electron chi connectivity index (χ3n) is 6.14. The van der Waals surface area contributed by atoms with E-state index < -0.39 is 0 Å². The Balaban J connectivity index is 1.30. The van der Waals surface area contributed by atoms with Crippen LogP contribution in [0, 0.1) is 0 Å². The molecule has 0 spiro atoms. The SMILES string of the molecule is O=C1CCC(=O)N(CCCCN2CCN3CCCC3C2)c2ccccc21. The Kier molecular flexibility index (Phi) is 5.36. The second kappa shape index (κ2) is 7.89. The molecule has 140 valence electrons. The number of ketones is 1. The van der Waals surface area contributed by atoms with Crippen molar-refractivity contribution in [2.75, 3.05) is 44.2 Å². The van der Waals surface area contributed by atoms with Crippen LogP contribution >= 0.6 is 0 Å². The summed E-state index contributed by atoms with van der Waals surface area (Å²) in [7, 11) is 0. The molecule has 3 aliphatic rings. The first-order valence-electron chi connectivity index (χ1n) is 10.1. The number of benzene rings is 1. The van der Waals surface area contributed by atoms with Crippen molar-refractivity contribution in [1.29, 1.82) is 0 Å². The molecule has 3 aliphatic heterocycles. The normalized spacial score (nSPS) is 24.5. The summed E-state index contributed by atoms with van der Waals surface area (Å²) in [5.74, 6) is 0.175. The summed E-state index contributed by atoms with van der Waals surface area (Å²) >= 11 is 0. The number of hydrogen-bond donors (Lipinski definition) is 0. The van der Waals surface area contributed by atoms with Gasteiger partial charge in [-0.15, -0.1) is 0 Å². The van der Waals surface area contributed by atoms with E-state index >= 15 is 0 Å². The number of unbranched alkanes of at least 4 members (excludes halogenated alkanes) is 1. The molecular weight excluding hydrogens is 326 g/mol. The number of carbonyl (C=O) groups excluding carboxylic acids is 2. The van der Waals surface area contributed by atoms with Crippen LogP contribution in [0.2, 0.25) is 0 Å². The highest BCUT2D eigenvalue weighted by atomic mass is 16.2. The van der Waals surface area contributed by atoms with Crippen LogP contribution in [0.3, 0.4) is 0 Å². The van der Waals surface area contributed by atoms with Gasteiger partial charge in [0, 0.05) is 50.6 Å². The van der Waals surface area contributed by atoms with E-state index in [1.165, 1.54) is 39.0 Å². The Morgan fingerprint density at radius 3 is 2.73 bits per heavy atom. The highest BCUT2D eigenvalue weighted by Crippen LogP contribution is 2.27. The van der Waals surface area contributed by atoms with E-state index in [0.717, 1.165) is 31.1 Å². The molecular formula is C21H29N3O2. The number of anilines is 1. The molecule has 0 radical (unpaired) electrons. The van der Waals surface area contributed by atoms with Crippen LogP contribution in [0.25, 0.3) is 0 Å². The minimum atomic E-state index is 0.0860. The number of para-hydroxylation sites is 1. The Morgan fingerprint density at radius 1 is 0.962 bits per heavy atom. The lowest BCUT2D eigenvalue weighted by atomic mass is 10.1. The molecule has 0 aliphatic carbocycles. The molecule has 5 nitrogen and oxygen atoms in total. The molecule has 0 N–H and O–H groups in total. The van der Waals surface area contributed by atoms with Crippen LogP contribution in [0.15, 0.2) is 24.3 Å². The van der Waals surface area contributed by atoms with E-state index in [1.54, 1.807) is 0 Å².